The molecule has 13 heavy (non-hydrogen) atoms. The molecule has 0 aliphatic carbocycles. The van der Waals surface area contributed by atoms with Crippen molar-refractivity contribution in [3.05, 3.63) is 34.9 Å². The molecule has 0 radical (unpaired) electrons. The van der Waals surface area contributed by atoms with E-state index in [2.05, 4.69) is 0 Å². The first-order valence-electron chi connectivity index (χ1n) is 4.21. The van der Waals surface area contributed by atoms with E-state index in [0.29, 0.717) is 6.42 Å². The number of aryl methyl sites for hydroxylation is 1. The van der Waals surface area contributed by atoms with Crippen LogP contribution in [0.4, 0.5) is 0 Å². The maximum Gasteiger partial charge on any atom is 0.0678 e. The fourth-order valence-electron chi connectivity index (χ4n) is 1.10. The quantitative estimate of drug-likeness (QED) is 0.772. The van der Waals surface area contributed by atoms with Gasteiger partial charge in [0.1, 0.15) is 0 Å². The molecule has 0 saturated carbocycles. The fourth-order valence-corrected chi connectivity index (χ4v) is 1.48. The Kier molecular flexibility index (Phi) is 4.57. The molecule has 72 valence electrons. The molecule has 1 nitrogen and oxygen atoms in total. The van der Waals surface area contributed by atoms with Crippen LogP contribution in [0.1, 0.15) is 12.0 Å². The minimum absolute atomic E-state index is 0.282. The minimum atomic E-state index is -0.432. The van der Waals surface area contributed by atoms with Crippen molar-refractivity contribution in [2.24, 2.45) is 0 Å². The van der Waals surface area contributed by atoms with Crippen molar-refractivity contribution in [1.82, 2.24) is 0 Å². The molecule has 0 aliphatic heterocycles. The zero-order chi connectivity index (χ0) is 9.68. The average Bonchev–Trinajstić information content (AvgIpc) is 2.16. The monoisotopic (exact) mass is 218 g/mol. The number of benzene rings is 1. The van der Waals surface area contributed by atoms with Gasteiger partial charge in [0, 0.05) is 10.9 Å². The van der Waals surface area contributed by atoms with Gasteiger partial charge in [0.15, 0.2) is 0 Å². The molecule has 0 aromatic heterocycles. The standard InChI is InChI=1S/C10H12Cl2O/c11-7-9(13)6-5-8-3-1-2-4-10(8)12/h1-4,9,13H,5-7H2. The van der Waals surface area contributed by atoms with Crippen molar-refractivity contribution in [3.8, 4) is 0 Å². The largest absolute Gasteiger partial charge is 0.392 e. The van der Waals surface area contributed by atoms with E-state index in [-0.39, 0.29) is 5.88 Å². The third-order valence-corrected chi connectivity index (χ3v) is 2.61. The number of alkyl halides is 1. The van der Waals surface area contributed by atoms with Gasteiger partial charge in [-0.2, -0.15) is 0 Å². The summed E-state index contributed by atoms with van der Waals surface area (Å²) in [6.45, 7) is 0. The molecule has 3 heteroatoms. The Morgan fingerprint density at radius 3 is 2.62 bits per heavy atom. The number of halogens is 2. The van der Waals surface area contributed by atoms with Crippen LogP contribution in [-0.4, -0.2) is 17.1 Å². The Bertz CT molecular complexity index is 263. The molecule has 0 fully saturated rings. The molecule has 1 rings (SSSR count). The molecule has 1 aromatic carbocycles. The van der Waals surface area contributed by atoms with Crippen LogP contribution in [0.2, 0.25) is 5.02 Å². The average molecular weight is 219 g/mol. The van der Waals surface area contributed by atoms with Crippen LogP contribution in [0.3, 0.4) is 0 Å². The van der Waals surface area contributed by atoms with E-state index in [1.807, 2.05) is 24.3 Å². The lowest BCUT2D eigenvalue weighted by Crippen LogP contribution is -2.09. The SMILES string of the molecule is OC(CCl)CCc1ccccc1Cl. The van der Waals surface area contributed by atoms with Crippen molar-refractivity contribution in [1.29, 1.82) is 0 Å². The lowest BCUT2D eigenvalue weighted by Gasteiger charge is -2.07. The predicted molar refractivity (Wildman–Crippen MR) is 56.5 cm³/mol. The van der Waals surface area contributed by atoms with E-state index in [1.165, 1.54) is 0 Å². The zero-order valence-corrected chi connectivity index (χ0v) is 8.72. The smallest absolute Gasteiger partial charge is 0.0678 e. The zero-order valence-electron chi connectivity index (χ0n) is 7.21. The highest BCUT2D eigenvalue weighted by molar-refractivity contribution is 6.31. The maximum absolute atomic E-state index is 9.24. The highest BCUT2D eigenvalue weighted by Gasteiger charge is 2.04. The minimum Gasteiger partial charge on any atom is -0.392 e. The molecular weight excluding hydrogens is 207 g/mol. The summed E-state index contributed by atoms with van der Waals surface area (Å²) in [5, 5.41) is 9.99. The van der Waals surface area contributed by atoms with Gasteiger partial charge in [0.05, 0.1) is 6.10 Å². The Labute approximate surface area is 88.3 Å². The third-order valence-electron chi connectivity index (χ3n) is 1.88. The van der Waals surface area contributed by atoms with Crippen molar-refractivity contribution in [2.75, 3.05) is 5.88 Å². The molecule has 1 aromatic rings. The van der Waals surface area contributed by atoms with E-state index in [9.17, 15) is 5.11 Å². The molecular formula is C10H12Cl2O. The maximum atomic E-state index is 9.24. The summed E-state index contributed by atoms with van der Waals surface area (Å²) in [7, 11) is 0. The second-order valence-electron chi connectivity index (χ2n) is 2.94. The van der Waals surface area contributed by atoms with E-state index < -0.39 is 6.10 Å². The summed E-state index contributed by atoms with van der Waals surface area (Å²) in [5.41, 5.74) is 1.06. The molecule has 0 saturated heterocycles. The van der Waals surface area contributed by atoms with Crippen molar-refractivity contribution in [2.45, 2.75) is 18.9 Å². The van der Waals surface area contributed by atoms with Gasteiger partial charge in [-0.1, -0.05) is 29.8 Å². The van der Waals surface area contributed by atoms with E-state index in [0.717, 1.165) is 17.0 Å². The Morgan fingerprint density at radius 2 is 2.00 bits per heavy atom. The van der Waals surface area contributed by atoms with Crippen LogP contribution >= 0.6 is 23.2 Å². The van der Waals surface area contributed by atoms with Gasteiger partial charge < -0.3 is 5.11 Å². The molecule has 0 heterocycles. The van der Waals surface area contributed by atoms with Gasteiger partial charge in [0.2, 0.25) is 0 Å². The van der Waals surface area contributed by atoms with Crippen LogP contribution in [0.5, 0.6) is 0 Å². The number of aliphatic hydroxyl groups excluding tert-OH is 1. The first-order valence-corrected chi connectivity index (χ1v) is 5.12. The Hall–Kier alpha value is -0.240. The predicted octanol–water partition coefficient (Wildman–Crippen LogP) is 2.87. The summed E-state index contributed by atoms with van der Waals surface area (Å²) < 4.78 is 0. The number of hydrogen-bond acceptors (Lipinski definition) is 1. The van der Waals surface area contributed by atoms with Gasteiger partial charge in [-0.3, -0.25) is 0 Å². The van der Waals surface area contributed by atoms with Gasteiger partial charge in [-0.15, -0.1) is 11.6 Å². The highest BCUT2D eigenvalue weighted by atomic mass is 35.5. The molecule has 0 bridgehead atoms. The normalized spacial score (nSPS) is 12.8. The second-order valence-corrected chi connectivity index (χ2v) is 3.65. The van der Waals surface area contributed by atoms with Crippen LogP contribution < -0.4 is 0 Å². The summed E-state index contributed by atoms with van der Waals surface area (Å²) in [4.78, 5) is 0. The first kappa shape index (κ1) is 10.8. The van der Waals surface area contributed by atoms with Crippen LogP contribution in [0.25, 0.3) is 0 Å². The van der Waals surface area contributed by atoms with E-state index >= 15 is 0 Å². The summed E-state index contributed by atoms with van der Waals surface area (Å²) in [6.07, 6.45) is 0.999. The molecule has 0 amide bonds. The van der Waals surface area contributed by atoms with Gasteiger partial charge in [-0.05, 0) is 24.5 Å². The first-order chi connectivity index (χ1) is 6.24. The fraction of sp³-hybridized carbons (Fsp3) is 0.400. The van der Waals surface area contributed by atoms with Crippen LogP contribution in [0, 0.1) is 0 Å². The second kappa shape index (κ2) is 5.48. The third kappa shape index (κ3) is 3.55. The topological polar surface area (TPSA) is 20.2 Å². The number of aliphatic hydroxyl groups is 1. The lowest BCUT2D eigenvalue weighted by molar-refractivity contribution is 0.188. The van der Waals surface area contributed by atoms with Gasteiger partial charge in [0.25, 0.3) is 0 Å². The van der Waals surface area contributed by atoms with Crippen LogP contribution in [0.15, 0.2) is 24.3 Å². The lowest BCUT2D eigenvalue weighted by atomic mass is 10.1. The molecule has 0 spiro atoms. The van der Waals surface area contributed by atoms with Crippen molar-refractivity contribution >= 4 is 23.2 Å². The summed E-state index contributed by atoms with van der Waals surface area (Å²) >= 11 is 11.4. The van der Waals surface area contributed by atoms with Gasteiger partial charge >= 0.3 is 0 Å². The summed E-state index contributed by atoms with van der Waals surface area (Å²) in [5.74, 6) is 0.282. The highest BCUT2D eigenvalue weighted by Crippen LogP contribution is 2.17. The van der Waals surface area contributed by atoms with Crippen molar-refractivity contribution < 1.29 is 5.11 Å². The number of rotatable bonds is 4. The van der Waals surface area contributed by atoms with E-state index in [4.69, 9.17) is 23.2 Å². The Balaban J connectivity index is 2.50. The van der Waals surface area contributed by atoms with E-state index in [1.54, 1.807) is 0 Å². The van der Waals surface area contributed by atoms with Crippen LogP contribution in [-0.2, 0) is 6.42 Å². The summed E-state index contributed by atoms with van der Waals surface area (Å²) in [6, 6.07) is 7.64. The molecule has 1 unspecified atom stereocenters. The van der Waals surface area contributed by atoms with Gasteiger partial charge in [-0.25, -0.2) is 0 Å². The Morgan fingerprint density at radius 1 is 1.31 bits per heavy atom. The molecule has 1 atom stereocenters. The molecule has 1 N–H and O–H groups in total. The van der Waals surface area contributed by atoms with Crippen molar-refractivity contribution in [3.63, 3.8) is 0 Å². The molecule has 0 aliphatic rings. The number of hydrogen-bond donors (Lipinski definition) is 1.